The number of nitrogens with two attached hydrogens (primary N) is 1. The number of benzene rings is 1. The van der Waals surface area contributed by atoms with Crippen molar-refractivity contribution in [3.8, 4) is 11.5 Å². The second-order valence-corrected chi connectivity index (χ2v) is 8.45. The zero-order valence-electron chi connectivity index (χ0n) is 17.3. The van der Waals surface area contributed by atoms with Gasteiger partial charge in [-0.05, 0) is 48.9 Å². The van der Waals surface area contributed by atoms with Crippen LogP contribution in [0.25, 0.3) is 0 Å². The van der Waals surface area contributed by atoms with Crippen LogP contribution >= 0.6 is 0 Å². The molecule has 1 atom stereocenters. The fourth-order valence-corrected chi connectivity index (χ4v) is 4.68. The lowest BCUT2D eigenvalue weighted by Crippen LogP contribution is -2.42. The third kappa shape index (κ3) is 5.39. The molecule has 1 amide bonds. The second kappa shape index (κ2) is 9.61. The maximum Gasteiger partial charge on any atom is 0.220 e. The van der Waals surface area contributed by atoms with Gasteiger partial charge in [0.15, 0.2) is 0 Å². The fraction of sp³-hybridized carbons (Fsp3) is 0.682. The molecule has 3 rings (SSSR count). The van der Waals surface area contributed by atoms with Gasteiger partial charge in [-0.1, -0.05) is 19.3 Å². The van der Waals surface area contributed by atoms with Crippen molar-refractivity contribution in [2.24, 2.45) is 11.1 Å². The van der Waals surface area contributed by atoms with Crippen LogP contribution in [0.5, 0.6) is 11.5 Å². The minimum absolute atomic E-state index is 0.0256. The van der Waals surface area contributed by atoms with E-state index in [1.807, 2.05) is 18.2 Å². The van der Waals surface area contributed by atoms with Crippen molar-refractivity contribution in [3.05, 3.63) is 23.8 Å². The molecule has 6 heteroatoms. The highest BCUT2D eigenvalue weighted by molar-refractivity contribution is 5.77. The first-order valence-electron chi connectivity index (χ1n) is 10.5. The van der Waals surface area contributed by atoms with E-state index in [0.717, 1.165) is 56.0 Å². The maximum atomic E-state index is 12.6. The molecule has 0 radical (unpaired) electrons. The molecule has 1 unspecified atom stereocenters. The number of methoxy groups -OCH3 is 2. The van der Waals surface area contributed by atoms with Gasteiger partial charge in [-0.2, -0.15) is 0 Å². The smallest absolute Gasteiger partial charge is 0.220 e. The monoisotopic (exact) mass is 389 g/mol. The molecule has 1 aromatic carbocycles. The molecule has 1 aliphatic heterocycles. The molecule has 0 spiro atoms. The van der Waals surface area contributed by atoms with Crippen molar-refractivity contribution in [2.75, 3.05) is 33.9 Å². The van der Waals surface area contributed by atoms with E-state index < -0.39 is 0 Å². The van der Waals surface area contributed by atoms with Crippen molar-refractivity contribution in [1.29, 1.82) is 0 Å². The Morgan fingerprint density at radius 3 is 2.46 bits per heavy atom. The highest BCUT2D eigenvalue weighted by Gasteiger charge is 2.34. The van der Waals surface area contributed by atoms with Crippen LogP contribution in [0.2, 0.25) is 0 Å². The van der Waals surface area contributed by atoms with Crippen LogP contribution in [0, 0.1) is 5.41 Å². The van der Waals surface area contributed by atoms with Crippen LogP contribution < -0.4 is 20.5 Å². The molecule has 156 valence electrons. The minimum Gasteiger partial charge on any atom is -0.497 e. The van der Waals surface area contributed by atoms with Crippen molar-refractivity contribution in [1.82, 2.24) is 10.2 Å². The van der Waals surface area contributed by atoms with E-state index in [4.69, 9.17) is 15.2 Å². The van der Waals surface area contributed by atoms with Crippen LogP contribution in [0.3, 0.4) is 0 Å². The van der Waals surface area contributed by atoms with Crippen molar-refractivity contribution in [3.63, 3.8) is 0 Å². The molecule has 1 saturated carbocycles. The number of nitrogens with zero attached hydrogens (tertiary/aromatic N) is 1. The lowest BCUT2D eigenvalue weighted by molar-refractivity contribution is -0.124. The lowest BCUT2D eigenvalue weighted by atomic mass is 9.71. The first-order chi connectivity index (χ1) is 13.6. The quantitative estimate of drug-likeness (QED) is 0.715. The lowest BCUT2D eigenvalue weighted by Gasteiger charge is -2.36. The van der Waals surface area contributed by atoms with Crippen molar-refractivity contribution < 1.29 is 14.3 Å². The third-order valence-corrected chi connectivity index (χ3v) is 6.34. The molecule has 2 fully saturated rings. The van der Waals surface area contributed by atoms with Crippen LogP contribution in [0.15, 0.2) is 18.2 Å². The zero-order valence-corrected chi connectivity index (χ0v) is 17.3. The van der Waals surface area contributed by atoms with Crippen molar-refractivity contribution >= 4 is 5.91 Å². The summed E-state index contributed by atoms with van der Waals surface area (Å²) in [5.74, 6) is 1.78. The Morgan fingerprint density at radius 1 is 1.18 bits per heavy atom. The number of carbonyl (C=O) groups excluding carboxylic acids is 1. The van der Waals surface area contributed by atoms with Crippen LogP contribution in [-0.4, -0.2) is 50.7 Å². The average molecular weight is 390 g/mol. The van der Waals surface area contributed by atoms with Gasteiger partial charge in [-0.25, -0.2) is 0 Å². The predicted molar refractivity (Wildman–Crippen MR) is 111 cm³/mol. The Hall–Kier alpha value is -1.79. The van der Waals surface area contributed by atoms with Gasteiger partial charge in [0, 0.05) is 38.2 Å². The molecule has 3 N–H and O–H groups in total. The Labute approximate surface area is 168 Å². The van der Waals surface area contributed by atoms with E-state index in [9.17, 15) is 4.79 Å². The average Bonchev–Trinajstić information content (AvgIpc) is 3.14. The SMILES string of the molecule is COc1cc(CN2CCC(NC(=O)CC3(CN)CCCCC3)C2)cc(OC)c1. The van der Waals surface area contributed by atoms with Crippen LogP contribution in [-0.2, 0) is 11.3 Å². The van der Waals surface area contributed by atoms with Gasteiger partial charge >= 0.3 is 0 Å². The summed E-state index contributed by atoms with van der Waals surface area (Å²) in [5.41, 5.74) is 7.23. The number of hydrogen-bond acceptors (Lipinski definition) is 5. The first kappa shape index (κ1) is 20.9. The summed E-state index contributed by atoms with van der Waals surface area (Å²) >= 11 is 0. The molecule has 0 bridgehead atoms. The molecule has 6 nitrogen and oxygen atoms in total. The normalized spacial score (nSPS) is 22.0. The summed E-state index contributed by atoms with van der Waals surface area (Å²) in [7, 11) is 3.33. The van der Waals surface area contributed by atoms with E-state index in [2.05, 4.69) is 10.2 Å². The van der Waals surface area contributed by atoms with E-state index >= 15 is 0 Å². The van der Waals surface area contributed by atoms with Gasteiger partial charge in [0.05, 0.1) is 14.2 Å². The molecular formula is C22H35N3O3. The summed E-state index contributed by atoms with van der Waals surface area (Å²) in [5, 5.41) is 3.26. The van der Waals surface area contributed by atoms with E-state index in [0.29, 0.717) is 13.0 Å². The summed E-state index contributed by atoms with van der Waals surface area (Å²) in [4.78, 5) is 15.0. The topological polar surface area (TPSA) is 76.8 Å². The summed E-state index contributed by atoms with van der Waals surface area (Å²) in [6, 6.07) is 6.19. The van der Waals surface area contributed by atoms with Crippen LogP contribution in [0.4, 0.5) is 0 Å². The molecule has 1 aliphatic carbocycles. The molecular weight excluding hydrogens is 354 g/mol. The standard InChI is InChI=1S/C22H35N3O3/c1-27-19-10-17(11-20(12-19)28-2)14-25-9-6-18(15-25)24-21(26)13-22(16-23)7-4-3-5-8-22/h10-12,18H,3-9,13-16,23H2,1-2H3,(H,24,26). The van der Waals surface area contributed by atoms with Crippen molar-refractivity contribution in [2.45, 2.75) is 57.5 Å². The Balaban J connectivity index is 1.50. The molecule has 0 aromatic heterocycles. The van der Waals surface area contributed by atoms with E-state index in [1.54, 1.807) is 14.2 Å². The largest absolute Gasteiger partial charge is 0.497 e. The number of hydrogen-bond donors (Lipinski definition) is 2. The molecule has 1 heterocycles. The Kier molecular flexibility index (Phi) is 7.18. The first-order valence-corrected chi connectivity index (χ1v) is 10.5. The minimum atomic E-state index is 0.0256. The van der Waals surface area contributed by atoms with Gasteiger partial charge < -0.3 is 20.5 Å². The molecule has 28 heavy (non-hydrogen) atoms. The van der Waals surface area contributed by atoms with E-state index in [-0.39, 0.29) is 17.4 Å². The molecule has 1 saturated heterocycles. The maximum absolute atomic E-state index is 12.6. The van der Waals surface area contributed by atoms with Gasteiger partial charge in [-0.3, -0.25) is 9.69 Å². The number of carbonyl (C=O) groups is 1. The number of ether oxygens (including phenoxy) is 2. The predicted octanol–water partition coefficient (Wildman–Crippen LogP) is 2.69. The number of nitrogens with one attached hydrogen (secondary N) is 1. The number of likely N-dealkylation sites (tertiary alicyclic amines) is 1. The van der Waals surface area contributed by atoms with Gasteiger partial charge in [0.25, 0.3) is 0 Å². The zero-order chi connectivity index (χ0) is 20.0. The number of rotatable bonds is 8. The second-order valence-electron chi connectivity index (χ2n) is 8.45. The Bertz CT molecular complexity index is 636. The summed E-state index contributed by atoms with van der Waals surface area (Å²) in [6.07, 6.45) is 7.42. The van der Waals surface area contributed by atoms with Gasteiger partial charge in [-0.15, -0.1) is 0 Å². The van der Waals surface area contributed by atoms with E-state index in [1.165, 1.54) is 19.3 Å². The third-order valence-electron chi connectivity index (χ3n) is 6.34. The van der Waals surface area contributed by atoms with Crippen LogP contribution in [0.1, 0.15) is 50.5 Å². The highest BCUT2D eigenvalue weighted by atomic mass is 16.5. The number of amides is 1. The van der Waals surface area contributed by atoms with Gasteiger partial charge in [0.2, 0.25) is 5.91 Å². The molecule has 2 aliphatic rings. The van der Waals surface area contributed by atoms with Gasteiger partial charge in [0.1, 0.15) is 11.5 Å². The fourth-order valence-electron chi connectivity index (χ4n) is 4.68. The Morgan fingerprint density at radius 2 is 1.86 bits per heavy atom. The highest BCUT2D eigenvalue weighted by Crippen LogP contribution is 2.38. The molecule has 1 aromatic rings. The summed E-state index contributed by atoms with van der Waals surface area (Å²) < 4.78 is 10.7. The summed E-state index contributed by atoms with van der Waals surface area (Å²) in [6.45, 7) is 3.30.